The zero-order chi connectivity index (χ0) is 23.3. The molecule has 0 unspecified atom stereocenters. The van der Waals surface area contributed by atoms with Crippen molar-refractivity contribution in [2.75, 3.05) is 13.7 Å². The molecule has 0 amide bonds. The number of nitrogens with zero attached hydrogens (tertiary/aromatic N) is 1. The van der Waals surface area contributed by atoms with E-state index in [-0.39, 0.29) is 17.2 Å². The van der Waals surface area contributed by atoms with Gasteiger partial charge in [-0.3, -0.25) is 4.79 Å². The Morgan fingerprint density at radius 3 is 2.38 bits per heavy atom. The van der Waals surface area contributed by atoms with Crippen LogP contribution in [0.5, 0.6) is 5.75 Å². The summed E-state index contributed by atoms with van der Waals surface area (Å²) < 4.78 is 16.0. The molecule has 0 fully saturated rings. The van der Waals surface area contributed by atoms with Crippen molar-refractivity contribution in [2.24, 2.45) is 0 Å². The molecular weight excluding hydrogens is 470 g/mol. The van der Waals surface area contributed by atoms with Crippen molar-refractivity contribution in [1.82, 2.24) is 0 Å². The first kappa shape index (κ1) is 23.9. The van der Waals surface area contributed by atoms with Gasteiger partial charge in [0, 0.05) is 4.90 Å². The van der Waals surface area contributed by atoms with E-state index in [9.17, 15) is 14.4 Å². The Morgan fingerprint density at radius 1 is 1.03 bits per heavy atom. The largest absolute Gasteiger partial charge is 0.471 e. The van der Waals surface area contributed by atoms with Gasteiger partial charge in [-0.05, 0) is 37.1 Å². The molecule has 166 valence electrons. The van der Waals surface area contributed by atoms with Crippen molar-refractivity contribution in [1.29, 1.82) is 0 Å². The first-order valence-corrected chi connectivity index (χ1v) is 12.0. The number of carbonyl (C=O) groups is 3. The number of hydrogen-bond donors (Lipinski definition) is 0. The van der Waals surface area contributed by atoms with Gasteiger partial charge in [0.05, 0.1) is 29.4 Å². The Labute approximate surface area is 197 Å². The van der Waals surface area contributed by atoms with E-state index in [1.807, 2.05) is 19.9 Å². The third-order valence-corrected chi connectivity index (χ3v) is 8.06. The third-order valence-electron chi connectivity index (χ3n) is 4.29. The van der Waals surface area contributed by atoms with Crippen molar-refractivity contribution in [2.45, 2.75) is 36.5 Å². The molecule has 10 heteroatoms. The van der Waals surface area contributed by atoms with Gasteiger partial charge in [-0.1, -0.05) is 42.9 Å². The molecular formula is C22H19NO6S3. The minimum Gasteiger partial charge on any atom is -0.471 e. The van der Waals surface area contributed by atoms with E-state index >= 15 is 0 Å². The van der Waals surface area contributed by atoms with Gasteiger partial charge >= 0.3 is 17.9 Å². The maximum absolute atomic E-state index is 12.6. The molecule has 0 spiro atoms. The summed E-state index contributed by atoms with van der Waals surface area (Å²) in [4.78, 5) is 42.0. The molecule has 1 aliphatic heterocycles. The summed E-state index contributed by atoms with van der Waals surface area (Å²) in [5.41, 5.74) is 0.852. The van der Waals surface area contributed by atoms with Gasteiger partial charge in [0.25, 0.3) is 5.70 Å². The number of carbonyl (C=O) groups excluding carboxylic acids is 3. The smallest absolute Gasteiger partial charge is 0.353 e. The second kappa shape index (κ2) is 10.7. The number of rotatable bonds is 7. The molecule has 0 saturated carbocycles. The summed E-state index contributed by atoms with van der Waals surface area (Å²) in [5.74, 6) is -1.46. The van der Waals surface area contributed by atoms with E-state index in [0.29, 0.717) is 19.8 Å². The van der Waals surface area contributed by atoms with Crippen LogP contribution in [0.4, 0.5) is 0 Å². The average Bonchev–Trinajstić information content (AvgIpc) is 3.44. The van der Waals surface area contributed by atoms with Gasteiger partial charge in [-0.2, -0.15) is 0 Å². The number of thioether (sulfide) groups is 2. The summed E-state index contributed by atoms with van der Waals surface area (Å²) in [6.45, 7) is 11.6. The SMILES string of the molecule is [C-]#[N+]/C(C(=O)OCCCC)=C1\Sc2c(C)ccc(OC(=O)c3ccc(C(=O)OC)s3)c2S1. The molecule has 0 radical (unpaired) electrons. The summed E-state index contributed by atoms with van der Waals surface area (Å²) in [5, 5.41) is 0. The normalized spacial score (nSPS) is 13.7. The summed E-state index contributed by atoms with van der Waals surface area (Å²) >= 11 is 3.48. The van der Waals surface area contributed by atoms with E-state index in [4.69, 9.17) is 16.0 Å². The standard InChI is InChI=1S/C22H19NO6S3/c1-5-6-11-28-21(26)16(23-3)22-31-17-12(2)7-8-13(18(17)32-22)29-20(25)15-10-9-14(30-15)19(24)27-4/h7-10H,5-6,11H2,1-2,4H3/b22-16+. The van der Waals surface area contributed by atoms with E-state index in [0.717, 1.165) is 34.6 Å². The molecule has 32 heavy (non-hydrogen) atoms. The van der Waals surface area contributed by atoms with Crippen LogP contribution in [0.2, 0.25) is 0 Å². The van der Waals surface area contributed by atoms with Gasteiger partial charge in [0.15, 0.2) is 0 Å². The number of aryl methyl sites for hydroxylation is 1. The van der Waals surface area contributed by atoms with E-state index in [1.165, 1.54) is 42.8 Å². The molecule has 3 rings (SSSR count). The zero-order valence-corrected chi connectivity index (χ0v) is 20.0. The quantitative estimate of drug-likeness (QED) is 0.161. The number of ether oxygens (including phenoxy) is 3. The van der Waals surface area contributed by atoms with Crippen LogP contribution in [0.25, 0.3) is 4.85 Å². The molecule has 1 aromatic heterocycles. The first-order valence-electron chi connectivity index (χ1n) is 9.58. The number of benzene rings is 1. The fourth-order valence-electron chi connectivity index (χ4n) is 2.61. The van der Waals surface area contributed by atoms with Gasteiger partial charge in [0.1, 0.15) is 15.5 Å². The fraction of sp³-hybridized carbons (Fsp3) is 0.273. The zero-order valence-electron chi connectivity index (χ0n) is 17.6. The van der Waals surface area contributed by atoms with Gasteiger partial charge in [-0.15, -0.1) is 11.3 Å². The van der Waals surface area contributed by atoms with Crippen molar-refractivity contribution in [3.8, 4) is 5.75 Å². The van der Waals surface area contributed by atoms with Gasteiger partial charge in [0.2, 0.25) is 0 Å². The molecule has 2 heterocycles. The van der Waals surface area contributed by atoms with Crippen LogP contribution in [-0.4, -0.2) is 31.6 Å². The molecule has 7 nitrogen and oxygen atoms in total. The second-order valence-corrected chi connectivity index (χ2v) is 9.91. The second-order valence-electron chi connectivity index (χ2n) is 6.53. The lowest BCUT2D eigenvalue weighted by Crippen LogP contribution is -2.08. The highest BCUT2D eigenvalue weighted by Crippen LogP contribution is 2.57. The highest BCUT2D eigenvalue weighted by molar-refractivity contribution is 8.24. The highest BCUT2D eigenvalue weighted by Gasteiger charge is 2.30. The van der Waals surface area contributed by atoms with Crippen molar-refractivity contribution in [3.05, 3.63) is 60.9 Å². The first-order chi connectivity index (χ1) is 15.4. The lowest BCUT2D eigenvalue weighted by Gasteiger charge is -2.09. The summed E-state index contributed by atoms with van der Waals surface area (Å²) in [6.07, 6.45) is 1.61. The van der Waals surface area contributed by atoms with E-state index in [1.54, 1.807) is 6.07 Å². The van der Waals surface area contributed by atoms with Gasteiger partial charge < -0.3 is 14.2 Å². The van der Waals surface area contributed by atoms with Crippen LogP contribution < -0.4 is 4.74 Å². The molecule has 1 aliphatic rings. The number of fused-ring (bicyclic) bond motifs is 1. The predicted molar refractivity (Wildman–Crippen MR) is 123 cm³/mol. The Bertz CT molecular complexity index is 1150. The Balaban J connectivity index is 1.84. The number of esters is 3. The van der Waals surface area contributed by atoms with Crippen LogP contribution in [0.1, 0.15) is 44.7 Å². The van der Waals surface area contributed by atoms with Crippen molar-refractivity contribution < 1.29 is 28.6 Å². The minimum atomic E-state index is -0.652. The molecule has 0 bridgehead atoms. The molecule has 0 N–H and O–H groups in total. The maximum atomic E-state index is 12.6. The lowest BCUT2D eigenvalue weighted by molar-refractivity contribution is -0.138. The molecule has 0 saturated heterocycles. The van der Waals surface area contributed by atoms with Gasteiger partial charge in [-0.25, -0.2) is 14.4 Å². The molecule has 0 aliphatic carbocycles. The number of thiophene rings is 1. The summed E-state index contributed by atoms with van der Waals surface area (Å²) in [7, 11) is 1.27. The summed E-state index contributed by atoms with van der Waals surface area (Å²) in [6, 6.07) is 6.49. The fourth-order valence-corrected chi connectivity index (χ4v) is 6.04. The van der Waals surface area contributed by atoms with Crippen molar-refractivity contribution in [3.63, 3.8) is 0 Å². The van der Waals surface area contributed by atoms with Crippen molar-refractivity contribution >= 4 is 52.8 Å². The Morgan fingerprint density at radius 2 is 1.72 bits per heavy atom. The van der Waals surface area contributed by atoms with Crippen LogP contribution in [-0.2, 0) is 14.3 Å². The number of methoxy groups -OCH3 is 1. The Hall–Kier alpha value is -2.74. The minimum absolute atomic E-state index is 0.0787. The van der Waals surface area contributed by atoms with Crippen LogP contribution in [0.3, 0.4) is 0 Å². The number of unbranched alkanes of at least 4 members (excludes halogenated alkanes) is 1. The molecule has 1 aromatic carbocycles. The molecule has 2 aromatic rings. The van der Waals surface area contributed by atoms with Crippen LogP contribution >= 0.6 is 34.9 Å². The molecule has 0 atom stereocenters. The number of hydrogen-bond acceptors (Lipinski definition) is 9. The monoisotopic (exact) mass is 489 g/mol. The Kier molecular flexibility index (Phi) is 8.01. The third kappa shape index (κ3) is 5.18. The van der Waals surface area contributed by atoms with E-state index in [2.05, 4.69) is 9.58 Å². The predicted octanol–water partition coefficient (Wildman–Crippen LogP) is 5.69. The average molecular weight is 490 g/mol. The lowest BCUT2D eigenvalue weighted by atomic mass is 10.2. The van der Waals surface area contributed by atoms with E-state index < -0.39 is 17.9 Å². The topological polar surface area (TPSA) is 83.3 Å². The van der Waals surface area contributed by atoms with Crippen LogP contribution in [0, 0.1) is 13.5 Å². The highest BCUT2D eigenvalue weighted by atomic mass is 32.2. The maximum Gasteiger partial charge on any atom is 0.353 e. The van der Waals surface area contributed by atoms with Crippen LogP contribution in [0.15, 0.2) is 44.0 Å².